The summed E-state index contributed by atoms with van der Waals surface area (Å²) in [6.07, 6.45) is 37.8. The normalized spacial score (nSPS) is 19.2. The van der Waals surface area contributed by atoms with Crippen LogP contribution in [0.1, 0.15) is 162 Å². The monoisotopic (exact) mass is 1220 g/mol. The molecule has 3 heterocycles. The number of imidazole rings is 1. The molecule has 24 nitrogen and oxygen atoms in total. The van der Waals surface area contributed by atoms with Crippen LogP contribution < -0.4 is 16.4 Å². The molecule has 0 radical (unpaired) electrons. The fourth-order valence-corrected chi connectivity index (χ4v) is 11.7. The number of fused-ring (bicyclic) bond motifs is 1. The van der Waals surface area contributed by atoms with Crippen molar-refractivity contribution in [3.05, 3.63) is 73.4 Å². The van der Waals surface area contributed by atoms with Crippen molar-refractivity contribution in [1.29, 1.82) is 0 Å². The van der Waals surface area contributed by atoms with Gasteiger partial charge in [0.1, 0.15) is 36.3 Å². The van der Waals surface area contributed by atoms with E-state index in [9.17, 15) is 57.9 Å². The Balaban J connectivity index is 1.17. The summed E-state index contributed by atoms with van der Waals surface area (Å²) in [5, 5.41) is 26.8. The first-order valence-electron chi connectivity index (χ1n) is 27.9. The van der Waals surface area contributed by atoms with E-state index in [0.717, 1.165) is 80.4 Å². The summed E-state index contributed by atoms with van der Waals surface area (Å²) in [4.78, 5) is 88.7. The van der Waals surface area contributed by atoms with Crippen molar-refractivity contribution in [2.75, 3.05) is 37.8 Å². The van der Waals surface area contributed by atoms with Crippen molar-refractivity contribution in [3.8, 4) is 0 Å². The van der Waals surface area contributed by atoms with E-state index in [-0.39, 0.29) is 41.6 Å². The van der Waals surface area contributed by atoms with Gasteiger partial charge in [0.25, 0.3) is 0 Å². The molecule has 0 bridgehead atoms. The molecule has 2 amide bonds. The number of nitrogens with one attached hydrogen (secondary N) is 2. The number of anilines is 1. The standard InChI is InChI=1S/C53H88N7O17P3S/c1-4-5-6-7-8-9-10-11-12-13-14-15-16-17-18-19-20-21-22-23-24-25-26-27-28-29-30-31-32-33-44(62)81-37-36-55-43(61)34-35-56-51(65)48(64)53(2,3)39-74-80(71,72)77-79(69,70)73-38-42-47(76-78(66,67)68)46(63)52(75-42)60-41-59-45-49(54)57-40-58-50(45)60/h8-9,11-12,14-15,17-18,20-21,40-42,46-48,52,63-64H,4-7,10,13,16,19,22-39H2,1-3H3,(H,55,61)(H,56,65)(H,69,70)(H,71,72)(H2,54,57,58)(H2,66,67,68)/b9-8-,12-11-,15-14-,18-17-,21-20-/t42-,46-,47-,48+,52-/m1/s1. The van der Waals surface area contributed by atoms with Crippen LogP contribution in [0.3, 0.4) is 0 Å². The Labute approximate surface area is 480 Å². The van der Waals surface area contributed by atoms with Gasteiger partial charge in [-0.15, -0.1) is 0 Å². The summed E-state index contributed by atoms with van der Waals surface area (Å²) in [7, 11) is -16.4. The molecule has 1 aliphatic rings. The van der Waals surface area contributed by atoms with Crippen LogP contribution in [0.25, 0.3) is 11.2 Å². The highest BCUT2D eigenvalue weighted by Crippen LogP contribution is 2.61. The number of unbranched alkanes of at least 4 members (excludes halogenated alkanes) is 13. The van der Waals surface area contributed by atoms with E-state index in [1.54, 1.807) is 0 Å². The first-order chi connectivity index (χ1) is 38.6. The lowest BCUT2D eigenvalue weighted by molar-refractivity contribution is -0.137. The van der Waals surface area contributed by atoms with Crippen molar-refractivity contribution in [3.63, 3.8) is 0 Å². The number of aliphatic hydroxyl groups excluding tert-OH is 2. The quantitative estimate of drug-likeness (QED) is 0.0169. The highest BCUT2D eigenvalue weighted by molar-refractivity contribution is 8.13. The van der Waals surface area contributed by atoms with Crippen LogP contribution in [0.2, 0.25) is 0 Å². The molecule has 81 heavy (non-hydrogen) atoms. The van der Waals surface area contributed by atoms with Gasteiger partial charge in [-0.25, -0.2) is 28.6 Å². The van der Waals surface area contributed by atoms with Crippen molar-refractivity contribution >= 4 is 69.1 Å². The molecule has 0 saturated carbocycles. The summed E-state index contributed by atoms with van der Waals surface area (Å²) in [5.41, 5.74) is 4.29. The van der Waals surface area contributed by atoms with E-state index < -0.39 is 84.6 Å². The number of rotatable bonds is 44. The second-order valence-electron chi connectivity index (χ2n) is 20.2. The van der Waals surface area contributed by atoms with Crippen LogP contribution in [0, 0.1) is 5.41 Å². The van der Waals surface area contributed by atoms with Gasteiger partial charge >= 0.3 is 23.5 Å². The molecule has 1 aliphatic heterocycles. The van der Waals surface area contributed by atoms with Gasteiger partial charge in [0.15, 0.2) is 22.8 Å². The average Bonchev–Trinajstić information content (AvgIpc) is 4.11. The predicted octanol–water partition coefficient (Wildman–Crippen LogP) is 9.27. The summed E-state index contributed by atoms with van der Waals surface area (Å²) < 4.78 is 62.6. The second-order valence-corrected chi connectivity index (χ2v) is 25.5. The largest absolute Gasteiger partial charge is 0.481 e. The maximum absolute atomic E-state index is 12.8. The number of nitrogens with zero attached hydrogens (tertiary/aromatic N) is 4. The van der Waals surface area contributed by atoms with E-state index >= 15 is 0 Å². The van der Waals surface area contributed by atoms with Crippen LogP contribution in [0.5, 0.6) is 0 Å². The molecule has 0 aromatic carbocycles. The van der Waals surface area contributed by atoms with Crippen molar-refractivity contribution < 1.29 is 80.5 Å². The SMILES string of the molecule is CCCCC/C=C\C/C=C\C/C=C\C/C=C\C/C=C\CCCCCCCCCCCCC(=O)SCCNC(=O)CCNC(=O)[C@H](O)C(C)(C)COP(=O)(O)OP(=O)(O)OC[C@H]1O[C@@H](n2cnc3c(N)ncnc32)[C@H](O)[C@@H]1OP(=O)(O)O. The van der Waals surface area contributed by atoms with E-state index in [0.29, 0.717) is 12.2 Å². The average molecular weight is 1220 g/mol. The lowest BCUT2D eigenvalue weighted by Gasteiger charge is -2.30. The highest BCUT2D eigenvalue weighted by atomic mass is 32.2. The van der Waals surface area contributed by atoms with Crippen LogP contribution in [-0.4, -0.2) is 123 Å². The minimum absolute atomic E-state index is 0.0324. The van der Waals surface area contributed by atoms with Gasteiger partial charge in [0, 0.05) is 37.1 Å². The molecular weight excluding hydrogens is 1130 g/mol. The number of nitrogens with two attached hydrogens (primary N) is 1. The molecule has 28 heteroatoms. The number of amides is 2. The van der Waals surface area contributed by atoms with Crippen LogP contribution in [0.15, 0.2) is 73.4 Å². The van der Waals surface area contributed by atoms with Gasteiger partial charge in [0.05, 0.1) is 19.5 Å². The van der Waals surface area contributed by atoms with E-state index in [1.165, 1.54) is 84.5 Å². The number of nitrogen functional groups attached to an aromatic ring is 1. The van der Waals surface area contributed by atoms with Gasteiger partial charge < -0.3 is 50.9 Å². The van der Waals surface area contributed by atoms with Gasteiger partial charge in [0.2, 0.25) is 11.8 Å². The molecule has 10 N–H and O–H groups in total. The molecule has 2 aromatic heterocycles. The summed E-state index contributed by atoms with van der Waals surface area (Å²) in [5.74, 6) is -1.04. The smallest absolute Gasteiger partial charge is 0.386 e. The Morgan fingerprint density at radius 2 is 1.30 bits per heavy atom. The summed E-state index contributed by atoms with van der Waals surface area (Å²) in [6, 6.07) is 0. The third-order valence-electron chi connectivity index (χ3n) is 12.7. The zero-order valence-electron chi connectivity index (χ0n) is 47.0. The number of phosphoric acid groups is 3. The number of allylic oxidation sites excluding steroid dienone is 10. The third kappa shape index (κ3) is 30.6. The molecule has 7 atom stereocenters. The summed E-state index contributed by atoms with van der Waals surface area (Å²) in [6.45, 7) is 2.79. The molecule has 1 fully saturated rings. The molecule has 3 rings (SSSR count). The Hall–Kier alpha value is -3.74. The lowest BCUT2D eigenvalue weighted by Crippen LogP contribution is -2.46. The maximum atomic E-state index is 12.8. The first kappa shape index (κ1) is 71.5. The van der Waals surface area contributed by atoms with Crippen molar-refractivity contribution in [2.45, 2.75) is 186 Å². The maximum Gasteiger partial charge on any atom is 0.481 e. The number of aromatic nitrogens is 4. The fourth-order valence-electron chi connectivity index (χ4n) is 8.14. The Bertz CT molecular complexity index is 2490. The zero-order chi connectivity index (χ0) is 59.6. The molecular formula is C53H88N7O17P3S. The molecule has 0 aliphatic carbocycles. The predicted molar refractivity (Wildman–Crippen MR) is 311 cm³/mol. The van der Waals surface area contributed by atoms with Gasteiger partial charge in [-0.1, -0.05) is 158 Å². The van der Waals surface area contributed by atoms with Gasteiger partial charge in [-0.3, -0.25) is 32.5 Å². The van der Waals surface area contributed by atoms with E-state index in [2.05, 4.69) is 102 Å². The van der Waals surface area contributed by atoms with Gasteiger partial charge in [-0.05, 0) is 57.8 Å². The number of phosphoric ester groups is 3. The number of aliphatic hydroxyl groups is 2. The number of carbonyl (C=O) groups is 3. The van der Waals surface area contributed by atoms with Crippen molar-refractivity contribution in [1.82, 2.24) is 30.2 Å². The van der Waals surface area contributed by atoms with E-state index in [1.807, 2.05) is 0 Å². The minimum Gasteiger partial charge on any atom is -0.386 e. The Morgan fingerprint density at radius 3 is 1.88 bits per heavy atom. The lowest BCUT2D eigenvalue weighted by atomic mass is 9.87. The van der Waals surface area contributed by atoms with E-state index in [4.69, 9.17) is 19.5 Å². The fraction of sp³-hybridized carbons (Fsp3) is 0.660. The zero-order valence-corrected chi connectivity index (χ0v) is 50.5. The minimum atomic E-state index is -5.58. The van der Waals surface area contributed by atoms with Gasteiger partial charge in [-0.2, -0.15) is 4.31 Å². The number of carbonyl (C=O) groups excluding carboxylic acids is 3. The summed E-state index contributed by atoms with van der Waals surface area (Å²) >= 11 is 1.15. The van der Waals surface area contributed by atoms with Crippen LogP contribution in [-0.2, 0) is 50.7 Å². The Morgan fingerprint density at radius 1 is 0.753 bits per heavy atom. The molecule has 0 spiro atoms. The van der Waals surface area contributed by atoms with Crippen LogP contribution in [0.4, 0.5) is 5.82 Å². The first-order valence-corrected chi connectivity index (χ1v) is 33.4. The third-order valence-corrected chi connectivity index (χ3v) is 16.7. The molecule has 2 aromatic rings. The van der Waals surface area contributed by atoms with Crippen LogP contribution >= 0.6 is 35.2 Å². The molecule has 2 unspecified atom stereocenters. The number of thioether (sulfide) groups is 1. The van der Waals surface area contributed by atoms with Crippen molar-refractivity contribution in [2.24, 2.45) is 5.41 Å². The number of hydrogen-bond donors (Lipinski definition) is 9. The topological polar surface area (TPSA) is 364 Å². The second kappa shape index (κ2) is 39.0. The molecule has 1 saturated heterocycles. The number of hydrogen-bond acceptors (Lipinski definition) is 18. The number of ether oxygens (including phenoxy) is 1. The Kier molecular flexibility index (Phi) is 34.4. The highest BCUT2D eigenvalue weighted by Gasteiger charge is 2.50. The molecule has 458 valence electrons.